The van der Waals surface area contributed by atoms with Crippen LogP contribution in [0.25, 0.3) is 0 Å². The van der Waals surface area contributed by atoms with Crippen molar-refractivity contribution in [2.24, 2.45) is 5.41 Å². The van der Waals surface area contributed by atoms with Crippen molar-refractivity contribution in [2.75, 3.05) is 12.4 Å². The molecule has 0 saturated heterocycles. The summed E-state index contributed by atoms with van der Waals surface area (Å²) >= 11 is 5.76. The molecule has 1 aromatic carbocycles. The highest BCUT2D eigenvalue weighted by Gasteiger charge is 2.16. The zero-order chi connectivity index (χ0) is 12.2. The van der Waals surface area contributed by atoms with Gasteiger partial charge in [0, 0.05) is 24.5 Å². The summed E-state index contributed by atoms with van der Waals surface area (Å²) in [6, 6.07) is 4.18. The highest BCUT2D eigenvalue weighted by Crippen LogP contribution is 2.16. The number of rotatable bonds is 5. The van der Waals surface area contributed by atoms with E-state index in [4.69, 9.17) is 11.6 Å². The maximum absolute atomic E-state index is 13.3. The summed E-state index contributed by atoms with van der Waals surface area (Å²) in [6.45, 7) is 4.99. The number of hydrogen-bond donors (Lipinski definition) is 1. The topological polar surface area (TPSA) is 12.0 Å². The molecular weight excluding hydrogens is 232 g/mol. The van der Waals surface area contributed by atoms with Crippen LogP contribution in [0.15, 0.2) is 18.2 Å². The lowest BCUT2D eigenvalue weighted by molar-refractivity contribution is 0.382. The quantitative estimate of drug-likeness (QED) is 0.787. The van der Waals surface area contributed by atoms with Crippen LogP contribution in [0.3, 0.4) is 0 Å². The number of alkyl halides is 1. The molecule has 0 aliphatic heterocycles. The zero-order valence-corrected chi connectivity index (χ0v) is 10.2. The summed E-state index contributed by atoms with van der Waals surface area (Å²) in [5.74, 6) is -1.07. The number of hydrogen-bond acceptors (Lipinski definition) is 1. The van der Waals surface area contributed by atoms with Crippen molar-refractivity contribution < 1.29 is 8.78 Å². The van der Waals surface area contributed by atoms with E-state index in [1.165, 1.54) is 6.07 Å². The van der Waals surface area contributed by atoms with E-state index in [0.717, 1.165) is 6.07 Å². The maximum atomic E-state index is 13.3. The van der Waals surface area contributed by atoms with Gasteiger partial charge in [0.15, 0.2) is 11.6 Å². The molecule has 0 fully saturated rings. The van der Waals surface area contributed by atoms with Gasteiger partial charge in [-0.05, 0) is 11.5 Å². The molecule has 1 aromatic rings. The van der Waals surface area contributed by atoms with Crippen LogP contribution >= 0.6 is 11.6 Å². The fourth-order valence-corrected chi connectivity index (χ4v) is 1.36. The molecule has 0 amide bonds. The van der Waals surface area contributed by atoms with Crippen molar-refractivity contribution >= 4 is 11.6 Å². The minimum atomic E-state index is -0.809. The van der Waals surface area contributed by atoms with Crippen LogP contribution in [-0.2, 0) is 6.54 Å². The van der Waals surface area contributed by atoms with Gasteiger partial charge in [-0.15, -0.1) is 11.6 Å². The highest BCUT2D eigenvalue weighted by atomic mass is 35.5. The van der Waals surface area contributed by atoms with E-state index in [1.54, 1.807) is 6.07 Å². The van der Waals surface area contributed by atoms with E-state index in [1.807, 2.05) is 13.8 Å². The lowest BCUT2D eigenvalue weighted by Crippen LogP contribution is -2.30. The predicted octanol–water partition coefficient (Wildman–Crippen LogP) is 3.32. The molecule has 0 aliphatic carbocycles. The van der Waals surface area contributed by atoms with Crippen molar-refractivity contribution in [3.05, 3.63) is 35.4 Å². The molecule has 0 aliphatic rings. The van der Waals surface area contributed by atoms with Gasteiger partial charge in [0.05, 0.1) is 0 Å². The monoisotopic (exact) mass is 247 g/mol. The Morgan fingerprint density at radius 3 is 2.62 bits per heavy atom. The second-order valence-corrected chi connectivity index (χ2v) is 4.88. The van der Waals surface area contributed by atoms with Gasteiger partial charge in [-0.1, -0.05) is 26.0 Å². The molecule has 0 heterocycles. The van der Waals surface area contributed by atoms with Crippen molar-refractivity contribution in [3.63, 3.8) is 0 Å². The lowest BCUT2D eigenvalue weighted by atomic mass is 9.96. The molecule has 0 aromatic heterocycles. The third-order valence-electron chi connectivity index (χ3n) is 2.31. The maximum Gasteiger partial charge on any atom is 0.163 e. The highest BCUT2D eigenvalue weighted by molar-refractivity contribution is 6.18. The Balaban J connectivity index is 2.53. The van der Waals surface area contributed by atoms with Gasteiger partial charge < -0.3 is 5.32 Å². The first-order chi connectivity index (χ1) is 7.46. The standard InChI is InChI=1S/C12H16ClF2N/c1-12(2,7-13)8-16-6-9-4-3-5-10(14)11(9)15/h3-5,16H,6-8H2,1-2H3. The Hall–Kier alpha value is -0.670. The van der Waals surface area contributed by atoms with Crippen LogP contribution in [0.4, 0.5) is 8.78 Å². The minimum Gasteiger partial charge on any atom is -0.312 e. The first kappa shape index (κ1) is 13.4. The number of halogens is 3. The van der Waals surface area contributed by atoms with Crippen LogP contribution in [0.2, 0.25) is 0 Å². The second-order valence-electron chi connectivity index (χ2n) is 4.61. The Bertz CT molecular complexity index is 353. The van der Waals surface area contributed by atoms with Crippen LogP contribution < -0.4 is 5.32 Å². The molecule has 90 valence electrons. The summed E-state index contributed by atoms with van der Waals surface area (Å²) in [5, 5.41) is 3.07. The Labute approximate surface area is 99.8 Å². The molecule has 0 bridgehead atoms. The molecule has 0 spiro atoms. The molecular formula is C12H16ClF2N. The molecule has 1 nitrogen and oxygen atoms in total. The zero-order valence-electron chi connectivity index (χ0n) is 9.49. The fraction of sp³-hybridized carbons (Fsp3) is 0.500. The Morgan fingerprint density at radius 2 is 2.00 bits per heavy atom. The van der Waals surface area contributed by atoms with Crippen LogP contribution in [0.5, 0.6) is 0 Å². The van der Waals surface area contributed by atoms with E-state index in [-0.39, 0.29) is 5.41 Å². The molecule has 0 radical (unpaired) electrons. The van der Waals surface area contributed by atoms with Crippen LogP contribution in [0, 0.1) is 17.0 Å². The van der Waals surface area contributed by atoms with Gasteiger partial charge in [-0.25, -0.2) is 8.78 Å². The van der Waals surface area contributed by atoms with Crippen molar-refractivity contribution in [3.8, 4) is 0 Å². The summed E-state index contributed by atoms with van der Waals surface area (Å²) in [7, 11) is 0. The fourth-order valence-electron chi connectivity index (χ4n) is 1.27. The summed E-state index contributed by atoms with van der Waals surface area (Å²) < 4.78 is 26.1. The lowest BCUT2D eigenvalue weighted by Gasteiger charge is -2.21. The molecule has 0 atom stereocenters. The SMILES string of the molecule is CC(C)(CCl)CNCc1cccc(F)c1F. The van der Waals surface area contributed by atoms with Gasteiger partial charge in [0.1, 0.15) is 0 Å². The Kier molecular flexibility index (Phi) is 4.69. The van der Waals surface area contributed by atoms with Crippen molar-refractivity contribution in [1.29, 1.82) is 0 Å². The van der Waals surface area contributed by atoms with Crippen molar-refractivity contribution in [2.45, 2.75) is 20.4 Å². The average Bonchev–Trinajstić information content (AvgIpc) is 2.24. The smallest absolute Gasteiger partial charge is 0.163 e. The normalized spacial score (nSPS) is 11.8. The molecule has 1 rings (SSSR count). The van der Waals surface area contributed by atoms with Gasteiger partial charge in [-0.2, -0.15) is 0 Å². The Morgan fingerprint density at radius 1 is 1.31 bits per heavy atom. The number of nitrogens with one attached hydrogen (secondary N) is 1. The molecule has 16 heavy (non-hydrogen) atoms. The summed E-state index contributed by atoms with van der Waals surface area (Å²) in [4.78, 5) is 0. The van der Waals surface area contributed by atoms with Gasteiger partial charge in [-0.3, -0.25) is 0 Å². The van der Waals surface area contributed by atoms with E-state index in [0.29, 0.717) is 24.5 Å². The van der Waals surface area contributed by atoms with E-state index in [2.05, 4.69) is 5.32 Å². The molecule has 4 heteroatoms. The van der Waals surface area contributed by atoms with Gasteiger partial charge in [0.2, 0.25) is 0 Å². The van der Waals surface area contributed by atoms with Crippen LogP contribution in [-0.4, -0.2) is 12.4 Å². The number of benzene rings is 1. The van der Waals surface area contributed by atoms with Crippen LogP contribution in [0.1, 0.15) is 19.4 Å². The van der Waals surface area contributed by atoms with Crippen molar-refractivity contribution in [1.82, 2.24) is 5.32 Å². The third kappa shape index (κ3) is 3.72. The second kappa shape index (κ2) is 5.60. The van der Waals surface area contributed by atoms with Gasteiger partial charge in [0.25, 0.3) is 0 Å². The molecule has 1 N–H and O–H groups in total. The van der Waals surface area contributed by atoms with Gasteiger partial charge >= 0.3 is 0 Å². The summed E-state index contributed by atoms with van der Waals surface area (Å²) in [6.07, 6.45) is 0. The molecule has 0 unspecified atom stereocenters. The largest absolute Gasteiger partial charge is 0.312 e. The van der Waals surface area contributed by atoms with E-state index < -0.39 is 11.6 Å². The first-order valence-electron chi connectivity index (χ1n) is 5.16. The molecule has 0 saturated carbocycles. The van der Waals surface area contributed by atoms with E-state index in [9.17, 15) is 8.78 Å². The van der Waals surface area contributed by atoms with E-state index >= 15 is 0 Å². The predicted molar refractivity (Wildman–Crippen MR) is 62.6 cm³/mol. The summed E-state index contributed by atoms with van der Waals surface area (Å²) in [5.41, 5.74) is 0.288. The first-order valence-corrected chi connectivity index (χ1v) is 5.69. The average molecular weight is 248 g/mol. The minimum absolute atomic E-state index is 0.0502. The third-order valence-corrected chi connectivity index (χ3v) is 3.04.